The zero-order chi connectivity index (χ0) is 21.4. The lowest BCUT2D eigenvalue weighted by Gasteiger charge is -2.28. The molecule has 2 aromatic carbocycles. The van der Waals surface area contributed by atoms with Gasteiger partial charge in [0.1, 0.15) is 23.3 Å². The lowest BCUT2D eigenvalue weighted by atomic mass is 9.95. The number of anilines is 1. The van der Waals surface area contributed by atoms with Crippen LogP contribution in [0.1, 0.15) is 35.6 Å². The van der Waals surface area contributed by atoms with Crippen molar-refractivity contribution in [2.24, 2.45) is 10.8 Å². The van der Waals surface area contributed by atoms with E-state index in [9.17, 15) is 14.0 Å². The molecule has 0 spiro atoms. The standard InChI is InChI=1S/C22H23FN4O3/c1-12-9-13(2)20-16(10-12)17(7-8-30-20)25-22(29)18-11-19(21(24)28)27(26-18)15-5-3-14(23)4-6-15/h3-6,9-10,17,19H,7-8,11H2,1-2H3,(H2,24,28)(H,25,29). The van der Waals surface area contributed by atoms with E-state index in [0.29, 0.717) is 18.7 Å². The van der Waals surface area contributed by atoms with E-state index >= 15 is 0 Å². The second-order valence-corrected chi connectivity index (χ2v) is 7.65. The smallest absolute Gasteiger partial charge is 0.268 e. The summed E-state index contributed by atoms with van der Waals surface area (Å²) in [5, 5.41) is 8.73. The Morgan fingerprint density at radius 3 is 2.67 bits per heavy atom. The molecule has 156 valence electrons. The molecule has 2 aliphatic rings. The number of carbonyl (C=O) groups is 2. The first-order valence-electron chi connectivity index (χ1n) is 9.80. The van der Waals surface area contributed by atoms with E-state index in [4.69, 9.17) is 10.5 Å². The van der Waals surface area contributed by atoms with E-state index in [1.807, 2.05) is 26.0 Å². The number of halogens is 1. The Morgan fingerprint density at radius 2 is 1.97 bits per heavy atom. The molecule has 2 unspecified atom stereocenters. The third-order valence-electron chi connectivity index (χ3n) is 5.37. The van der Waals surface area contributed by atoms with Crippen molar-refractivity contribution >= 4 is 23.2 Å². The topological polar surface area (TPSA) is 97.0 Å². The molecule has 0 fully saturated rings. The molecule has 0 bridgehead atoms. The van der Waals surface area contributed by atoms with E-state index in [1.54, 1.807) is 0 Å². The highest BCUT2D eigenvalue weighted by atomic mass is 19.1. The molecular formula is C22H23FN4O3. The zero-order valence-corrected chi connectivity index (χ0v) is 16.8. The second kappa shape index (κ2) is 7.78. The van der Waals surface area contributed by atoms with Gasteiger partial charge in [-0.05, 0) is 43.7 Å². The van der Waals surface area contributed by atoms with Crippen molar-refractivity contribution in [3.63, 3.8) is 0 Å². The average molecular weight is 410 g/mol. The van der Waals surface area contributed by atoms with Gasteiger partial charge >= 0.3 is 0 Å². The minimum absolute atomic E-state index is 0.0848. The van der Waals surface area contributed by atoms with Crippen LogP contribution in [0.4, 0.5) is 10.1 Å². The lowest BCUT2D eigenvalue weighted by Crippen LogP contribution is -2.40. The third-order valence-corrected chi connectivity index (χ3v) is 5.37. The fraction of sp³-hybridized carbons (Fsp3) is 0.318. The summed E-state index contributed by atoms with van der Waals surface area (Å²) in [7, 11) is 0. The first-order valence-corrected chi connectivity index (χ1v) is 9.80. The zero-order valence-electron chi connectivity index (χ0n) is 16.8. The Labute approximate surface area is 173 Å². The van der Waals surface area contributed by atoms with Crippen molar-refractivity contribution in [1.82, 2.24) is 5.32 Å². The number of nitrogens with two attached hydrogens (primary N) is 1. The van der Waals surface area contributed by atoms with Crippen molar-refractivity contribution in [2.75, 3.05) is 11.6 Å². The quantitative estimate of drug-likeness (QED) is 0.809. The van der Waals surface area contributed by atoms with Crippen LogP contribution in [0, 0.1) is 19.7 Å². The Hall–Kier alpha value is -3.42. The first kappa shape index (κ1) is 19.9. The predicted octanol–water partition coefficient (Wildman–Crippen LogP) is 2.50. The Bertz CT molecular complexity index is 1040. The number of rotatable bonds is 4. The largest absolute Gasteiger partial charge is 0.493 e. The second-order valence-electron chi connectivity index (χ2n) is 7.65. The molecule has 7 nitrogen and oxygen atoms in total. The molecule has 2 aliphatic heterocycles. The van der Waals surface area contributed by atoms with Gasteiger partial charge in [0.2, 0.25) is 5.91 Å². The fourth-order valence-corrected chi connectivity index (χ4v) is 3.97. The Balaban J connectivity index is 1.58. The number of hydrazone groups is 1. The monoisotopic (exact) mass is 410 g/mol. The van der Waals surface area contributed by atoms with Crippen molar-refractivity contribution < 1.29 is 18.7 Å². The number of hydrogen-bond acceptors (Lipinski definition) is 5. The molecule has 0 aromatic heterocycles. The van der Waals surface area contributed by atoms with Crippen LogP contribution in [0.15, 0.2) is 41.5 Å². The molecule has 30 heavy (non-hydrogen) atoms. The number of carbonyl (C=O) groups excluding carboxylic acids is 2. The molecule has 8 heteroatoms. The number of amides is 2. The van der Waals surface area contributed by atoms with Crippen LogP contribution < -0.4 is 20.8 Å². The summed E-state index contributed by atoms with van der Waals surface area (Å²) in [4.78, 5) is 24.9. The number of aryl methyl sites for hydroxylation is 2. The van der Waals surface area contributed by atoms with Gasteiger partial charge in [-0.15, -0.1) is 0 Å². The van der Waals surface area contributed by atoms with Crippen molar-refractivity contribution in [3.05, 3.63) is 58.9 Å². The van der Waals surface area contributed by atoms with Gasteiger partial charge < -0.3 is 15.8 Å². The summed E-state index contributed by atoms with van der Waals surface area (Å²) in [5.74, 6) is -0.566. The van der Waals surface area contributed by atoms with E-state index in [1.165, 1.54) is 29.3 Å². The van der Waals surface area contributed by atoms with Crippen molar-refractivity contribution in [3.8, 4) is 5.75 Å². The van der Waals surface area contributed by atoms with E-state index in [2.05, 4.69) is 10.4 Å². The highest BCUT2D eigenvalue weighted by Crippen LogP contribution is 2.36. The van der Waals surface area contributed by atoms with Crippen LogP contribution in [-0.2, 0) is 9.59 Å². The molecule has 2 heterocycles. The summed E-state index contributed by atoms with van der Waals surface area (Å²) < 4.78 is 19.1. The first-order chi connectivity index (χ1) is 14.3. The van der Waals surface area contributed by atoms with Crippen LogP contribution in [0.25, 0.3) is 0 Å². The van der Waals surface area contributed by atoms with Gasteiger partial charge in [0, 0.05) is 18.4 Å². The van der Waals surface area contributed by atoms with Crippen LogP contribution in [0.3, 0.4) is 0 Å². The normalized spacial score (nSPS) is 20.2. The fourth-order valence-electron chi connectivity index (χ4n) is 3.97. The number of fused-ring (bicyclic) bond motifs is 1. The maximum Gasteiger partial charge on any atom is 0.268 e. The molecule has 2 amide bonds. The Morgan fingerprint density at radius 1 is 1.23 bits per heavy atom. The maximum absolute atomic E-state index is 13.3. The summed E-state index contributed by atoms with van der Waals surface area (Å²) in [6.07, 6.45) is 0.720. The van der Waals surface area contributed by atoms with E-state index < -0.39 is 17.8 Å². The third kappa shape index (κ3) is 3.72. The van der Waals surface area contributed by atoms with Gasteiger partial charge in [0.05, 0.1) is 18.3 Å². The van der Waals surface area contributed by atoms with Crippen LogP contribution in [-0.4, -0.2) is 30.2 Å². The highest BCUT2D eigenvalue weighted by molar-refractivity contribution is 6.40. The summed E-state index contributed by atoms with van der Waals surface area (Å²) in [6, 6.07) is 8.57. The molecule has 2 atom stereocenters. The summed E-state index contributed by atoms with van der Waals surface area (Å²) in [5.41, 5.74) is 9.27. The highest BCUT2D eigenvalue weighted by Gasteiger charge is 2.36. The van der Waals surface area contributed by atoms with Gasteiger partial charge in [0.15, 0.2) is 0 Å². The number of primary amides is 1. The van der Waals surface area contributed by atoms with Gasteiger partial charge in [-0.3, -0.25) is 14.6 Å². The van der Waals surface area contributed by atoms with Gasteiger partial charge in [-0.25, -0.2) is 4.39 Å². The maximum atomic E-state index is 13.3. The minimum atomic E-state index is -0.803. The van der Waals surface area contributed by atoms with Crippen LogP contribution >= 0.6 is 0 Å². The molecule has 0 radical (unpaired) electrons. The van der Waals surface area contributed by atoms with Gasteiger partial charge in [-0.1, -0.05) is 17.7 Å². The SMILES string of the molecule is Cc1cc(C)c2c(c1)C(NC(=O)C1=NN(c3ccc(F)cc3)C(C(N)=O)C1)CCO2. The van der Waals surface area contributed by atoms with Gasteiger partial charge in [-0.2, -0.15) is 5.10 Å². The molecule has 0 saturated carbocycles. The summed E-state index contributed by atoms with van der Waals surface area (Å²) >= 11 is 0. The number of ether oxygens (including phenoxy) is 1. The van der Waals surface area contributed by atoms with Gasteiger partial charge in [0.25, 0.3) is 5.91 Å². The number of hydrogen-bond donors (Lipinski definition) is 2. The van der Waals surface area contributed by atoms with Crippen molar-refractivity contribution in [1.29, 1.82) is 0 Å². The number of nitrogens with one attached hydrogen (secondary N) is 1. The van der Waals surface area contributed by atoms with Crippen LogP contribution in [0.2, 0.25) is 0 Å². The molecular weight excluding hydrogens is 387 g/mol. The van der Waals surface area contributed by atoms with E-state index in [0.717, 1.165) is 22.4 Å². The van der Waals surface area contributed by atoms with Crippen LogP contribution in [0.5, 0.6) is 5.75 Å². The number of nitrogens with zero attached hydrogens (tertiary/aromatic N) is 2. The molecule has 2 aromatic rings. The molecule has 4 rings (SSSR count). The Kier molecular flexibility index (Phi) is 5.15. The van der Waals surface area contributed by atoms with E-state index in [-0.39, 0.29) is 24.1 Å². The summed E-state index contributed by atoms with van der Waals surface area (Å²) in [6.45, 7) is 4.48. The van der Waals surface area contributed by atoms with Crippen molar-refractivity contribution in [2.45, 2.75) is 38.8 Å². The average Bonchev–Trinajstić information content (AvgIpc) is 3.15. The minimum Gasteiger partial charge on any atom is -0.493 e. The molecule has 0 saturated heterocycles. The number of benzene rings is 2. The molecule has 3 N–H and O–H groups in total. The lowest BCUT2D eigenvalue weighted by molar-refractivity contribution is -0.119. The predicted molar refractivity (Wildman–Crippen MR) is 111 cm³/mol. The molecule has 0 aliphatic carbocycles.